The molecular formula is C17H15ClN4O5. The molecule has 0 bridgehead atoms. The van der Waals surface area contributed by atoms with E-state index in [1.165, 1.54) is 30.5 Å². The monoisotopic (exact) mass is 390 g/mol. The molecule has 5 amide bonds. The molecule has 27 heavy (non-hydrogen) atoms. The number of piperidine rings is 1. The summed E-state index contributed by atoms with van der Waals surface area (Å²) in [6.45, 7) is 0. The summed E-state index contributed by atoms with van der Waals surface area (Å²) in [6, 6.07) is 6.20. The van der Waals surface area contributed by atoms with Crippen molar-refractivity contribution >= 4 is 46.7 Å². The third-order valence-electron chi connectivity index (χ3n) is 3.76. The van der Waals surface area contributed by atoms with E-state index in [0.717, 1.165) is 0 Å². The van der Waals surface area contributed by atoms with Crippen molar-refractivity contribution in [1.29, 1.82) is 0 Å². The first-order valence-electron chi connectivity index (χ1n) is 7.98. The molecular weight excluding hydrogens is 376 g/mol. The number of imide groups is 1. The van der Waals surface area contributed by atoms with Gasteiger partial charge in [-0.1, -0.05) is 11.6 Å². The number of nitrogens with one attached hydrogen (secondary N) is 4. The van der Waals surface area contributed by atoms with Crippen LogP contribution in [0.5, 0.6) is 0 Å². The maximum Gasteiger partial charge on any atom is 0.319 e. The predicted octanol–water partition coefficient (Wildman–Crippen LogP) is 2.11. The highest BCUT2D eigenvalue weighted by atomic mass is 35.5. The SMILES string of the molecule is O=C1CC[C@H](NC(=O)Nc2ccc(NC(=O)c3ccco3)c(Cl)c2)C(=O)N1. The Morgan fingerprint density at radius 2 is 2.00 bits per heavy atom. The fraction of sp³-hybridized carbons (Fsp3) is 0.176. The standard InChI is InChI=1S/C17H15ClN4O5/c18-10-8-9(3-4-11(10)20-16(25)13-2-1-7-27-13)19-17(26)21-12-5-6-14(23)22-15(12)24/h1-4,7-8,12H,5-6H2,(H,20,25)(H2,19,21,26)(H,22,23,24)/t12-/m0/s1. The first kappa shape index (κ1) is 18.5. The van der Waals surface area contributed by atoms with E-state index in [4.69, 9.17) is 16.0 Å². The number of carbonyl (C=O) groups excluding carboxylic acids is 4. The van der Waals surface area contributed by atoms with Gasteiger partial charge in [0.1, 0.15) is 6.04 Å². The van der Waals surface area contributed by atoms with Crippen LogP contribution >= 0.6 is 11.6 Å². The van der Waals surface area contributed by atoms with Gasteiger partial charge in [-0.15, -0.1) is 0 Å². The molecule has 1 aliphatic heterocycles. The zero-order chi connectivity index (χ0) is 19.4. The smallest absolute Gasteiger partial charge is 0.319 e. The molecule has 140 valence electrons. The molecule has 2 heterocycles. The van der Waals surface area contributed by atoms with Crippen LogP contribution < -0.4 is 21.3 Å². The second-order valence-electron chi connectivity index (χ2n) is 5.73. The predicted molar refractivity (Wildman–Crippen MR) is 96.4 cm³/mol. The van der Waals surface area contributed by atoms with Gasteiger partial charge >= 0.3 is 6.03 Å². The molecule has 0 radical (unpaired) electrons. The second kappa shape index (κ2) is 7.92. The number of anilines is 2. The van der Waals surface area contributed by atoms with Gasteiger partial charge in [-0.2, -0.15) is 0 Å². The zero-order valence-corrected chi connectivity index (χ0v) is 14.6. The van der Waals surface area contributed by atoms with Crippen molar-refractivity contribution in [3.05, 3.63) is 47.4 Å². The van der Waals surface area contributed by atoms with E-state index < -0.39 is 23.9 Å². The van der Waals surface area contributed by atoms with E-state index in [9.17, 15) is 19.2 Å². The maximum absolute atomic E-state index is 12.0. The number of furan rings is 1. The van der Waals surface area contributed by atoms with Crippen LogP contribution in [-0.4, -0.2) is 29.8 Å². The van der Waals surface area contributed by atoms with E-state index in [0.29, 0.717) is 11.4 Å². The molecule has 1 fully saturated rings. The number of amides is 5. The summed E-state index contributed by atoms with van der Waals surface area (Å²) in [6.07, 6.45) is 1.77. The minimum Gasteiger partial charge on any atom is -0.459 e. The van der Waals surface area contributed by atoms with Crippen molar-refractivity contribution < 1.29 is 23.6 Å². The quantitative estimate of drug-likeness (QED) is 0.594. The summed E-state index contributed by atoms with van der Waals surface area (Å²) in [5, 5.41) is 9.97. The Kier molecular flexibility index (Phi) is 5.41. The van der Waals surface area contributed by atoms with Gasteiger partial charge in [0, 0.05) is 12.1 Å². The highest BCUT2D eigenvalue weighted by molar-refractivity contribution is 6.34. The molecule has 10 heteroatoms. The van der Waals surface area contributed by atoms with Gasteiger partial charge in [-0.3, -0.25) is 19.7 Å². The number of benzene rings is 1. The molecule has 0 saturated carbocycles. The molecule has 1 aliphatic rings. The summed E-state index contributed by atoms with van der Waals surface area (Å²) in [7, 11) is 0. The van der Waals surface area contributed by atoms with Crippen LogP contribution in [-0.2, 0) is 9.59 Å². The Labute approximate surface area is 158 Å². The Bertz CT molecular complexity index is 897. The highest BCUT2D eigenvalue weighted by Gasteiger charge is 2.27. The molecule has 0 aliphatic carbocycles. The van der Waals surface area contributed by atoms with Crippen molar-refractivity contribution in [2.45, 2.75) is 18.9 Å². The highest BCUT2D eigenvalue weighted by Crippen LogP contribution is 2.26. The fourth-order valence-electron chi connectivity index (χ4n) is 2.44. The lowest BCUT2D eigenvalue weighted by molar-refractivity contribution is -0.134. The van der Waals surface area contributed by atoms with Gasteiger partial charge < -0.3 is 20.4 Å². The van der Waals surface area contributed by atoms with Crippen LogP contribution in [0.4, 0.5) is 16.2 Å². The van der Waals surface area contributed by atoms with Crippen LogP contribution in [0.15, 0.2) is 41.0 Å². The van der Waals surface area contributed by atoms with Gasteiger partial charge in [-0.25, -0.2) is 4.79 Å². The number of rotatable bonds is 4. The summed E-state index contributed by atoms with van der Waals surface area (Å²) >= 11 is 6.13. The lowest BCUT2D eigenvalue weighted by Gasteiger charge is -2.22. The lowest BCUT2D eigenvalue weighted by Crippen LogP contribution is -2.53. The first-order chi connectivity index (χ1) is 12.9. The summed E-state index contributed by atoms with van der Waals surface area (Å²) in [5.74, 6) is -1.23. The largest absolute Gasteiger partial charge is 0.459 e. The number of hydrogen-bond acceptors (Lipinski definition) is 5. The number of halogens is 1. The molecule has 9 nitrogen and oxygen atoms in total. The van der Waals surface area contributed by atoms with Gasteiger partial charge in [-0.05, 0) is 36.8 Å². The van der Waals surface area contributed by atoms with Crippen molar-refractivity contribution in [2.24, 2.45) is 0 Å². The average Bonchev–Trinajstić information content (AvgIpc) is 3.14. The number of urea groups is 1. The van der Waals surface area contributed by atoms with Crippen LogP contribution in [0, 0.1) is 0 Å². The van der Waals surface area contributed by atoms with E-state index in [-0.39, 0.29) is 29.5 Å². The topological polar surface area (TPSA) is 130 Å². The van der Waals surface area contributed by atoms with Crippen LogP contribution in [0.2, 0.25) is 5.02 Å². The van der Waals surface area contributed by atoms with Crippen molar-refractivity contribution in [3.8, 4) is 0 Å². The Morgan fingerprint density at radius 3 is 2.67 bits per heavy atom. The molecule has 1 atom stereocenters. The van der Waals surface area contributed by atoms with Crippen molar-refractivity contribution in [3.63, 3.8) is 0 Å². The molecule has 0 unspecified atom stereocenters. The normalized spacial score (nSPS) is 16.4. The summed E-state index contributed by atoms with van der Waals surface area (Å²) in [5.41, 5.74) is 0.704. The molecule has 4 N–H and O–H groups in total. The van der Waals surface area contributed by atoms with Crippen molar-refractivity contribution in [2.75, 3.05) is 10.6 Å². The van der Waals surface area contributed by atoms with Gasteiger partial charge in [0.25, 0.3) is 5.91 Å². The van der Waals surface area contributed by atoms with E-state index in [1.807, 2.05) is 0 Å². The molecule has 1 aromatic heterocycles. The van der Waals surface area contributed by atoms with E-state index in [1.54, 1.807) is 6.07 Å². The van der Waals surface area contributed by atoms with Gasteiger partial charge in [0.05, 0.1) is 17.0 Å². The third-order valence-corrected chi connectivity index (χ3v) is 4.08. The average molecular weight is 391 g/mol. The number of hydrogen-bond donors (Lipinski definition) is 4. The fourth-order valence-corrected chi connectivity index (χ4v) is 2.67. The lowest BCUT2D eigenvalue weighted by atomic mass is 10.1. The maximum atomic E-state index is 12.0. The van der Waals surface area contributed by atoms with Gasteiger partial charge in [0.2, 0.25) is 11.8 Å². The van der Waals surface area contributed by atoms with Crippen LogP contribution in [0.25, 0.3) is 0 Å². The minimum atomic E-state index is -0.787. The Morgan fingerprint density at radius 1 is 1.19 bits per heavy atom. The summed E-state index contributed by atoms with van der Waals surface area (Å²) < 4.78 is 5.00. The summed E-state index contributed by atoms with van der Waals surface area (Å²) in [4.78, 5) is 46.7. The van der Waals surface area contributed by atoms with Crippen molar-refractivity contribution in [1.82, 2.24) is 10.6 Å². The Balaban J connectivity index is 1.58. The minimum absolute atomic E-state index is 0.136. The molecule has 2 aromatic rings. The zero-order valence-electron chi connectivity index (χ0n) is 13.9. The molecule has 1 saturated heterocycles. The van der Waals surface area contributed by atoms with Crippen LogP contribution in [0.3, 0.4) is 0 Å². The Hall–Kier alpha value is -3.33. The third kappa shape index (κ3) is 4.64. The van der Waals surface area contributed by atoms with E-state index >= 15 is 0 Å². The first-order valence-corrected chi connectivity index (χ1v) is 8.36. The van der Waals surface area contributed by atoms with E-state index in [2.05, 4.69) is 21.3 Å². The molecule has 1 aromatic carbocycles. The van der Waals surface area contributed by atoms with Gasteiger partial charge in [0.15, 0.2) is 5.76 Å². The second-order valence-corrected chi connectivity index (χ2v) is 6.14. The molecule has 0 spiro atoms. The van der Waals surface area contributed by atoms with Crippen LogP contribution in [0.1, 0.15) is 23.4 Å². The number of carbonyl (C=O) groups is 4. The molecule has 3 rings (SSSR count).